The summed E-state index contributed by atoms with van der Waals surface area (Å²) < 4.78 is 13.7. The first-order chi connectivity index (χ1) is 12.0. The van der Waals surface area contributed by atoms with Crippen LogP contribution in [0.2, 0.25) is 0 Å². The highest BCUT2D eigenvalue weighted by atomic mass is 32.2. The summed E-state index contributed by atoms with van der Waals surface area (Å²) in [5.74, 6) is -1.58. The maximum absolute atomic E-state index is 13.7. The molecule has 1 fully saturated rings. The van der Waals surface area contributed by atoms with Gasteiger partial charge in [-0.3, -0.25) is 19.3 Å². The molecule has 2 aromatic carbocycles. The lowest BCUT2D eigenvalue weighted by atomic mass is 10.2. The number of anilines is 1. The van der Waals surface area contributed by atoms with Crippen molar-refractivity contribution in [3.05, 3.63) is 70.9 Å². The Kier molecular flexibility index (Phi) is 4.95. The highest BCUT2D eigenvalue weighted by molar-refractivity contribution is 8.18. The number of amides is 3. The second-order valence-corrected chi connectivity index (χ2v) is 6.20. The van der Waals surface area contributed by atoms with Crippen molar-refractivity contribution in [3.63, 3.8) is 0 Å². The third-order valence-corrected chi connectivity index (χ3v) is 4.33. The van der Waals surface area contributed by atoms with E-state index < -0.39 is 29.4 Å². The predicted molar refractivity (Wildman–Crippen MR) is 94.1 cm³/mol. The van der Waals surface area contributed by atoms with Crippen LogP contribution in [0.15, 0.2) is 59.5 Å². The number of rotatable bonds is 4. The zero-order valence-electron chi connectivity index (χ0n) is 12.9. The Morgan fingerprint density at radius 2 is 1.76 bits per heavy atom. The highest BCUT2D eigenvalue weighted by Crippen LogP contribution is 2.32. The minimum atomic E-state index is -0.610. The van der Waals surface area contributed by atoms with Crippen LogP contribution in [0.1, 0.15) is 5.56 Å². The average Bonchev–Trinajstić information content (AvgIpc) is 2.85. The van der Waals surface area contributed by atoms with Gasteiger partial charge in [0.2, 0.25) is 5.91 Å². The average molecular weight is 356 g/mol. The molecule has 2 aromatic rings. The number of hydrogen-bond donors (Lipinski definition) is 1. The van der Waals surface area contributed by atoms with E-state index in [1.165, 1.54) is 24.3 Å². The summed E-state index contributed by atoms with van der Waals surface area (Å²) in [4.78, 5) is 37.3. The van der Waals surface area contributed by atoms with Gasteiger partial charge in [0, 0.05) is 11.3 Å². The first kappa shape index (κ1) is 16.9. The molecular formula is C18H13FN2O3S. The van der Waals surface area contributed by atoms with Crippen molar-refractivity contribution in [1.82, 2.24) is 4.90 Å². The summed E-state index contributed by atoms with van der Waals surface area (Å²) in [6.07, 6.45) is 1.31. The third-order valence-electron chi connectivity index (χ3n) is 3.42. The molecule has 25 heavy (non-hydrogen) atoms. The minimum absolute atomic E-state index is 0.0858. The van der Waals surface area contributed by atoms with Gasteiger partial charge in [0.25, 0.3) is 11.1 Å². The first-order valence-corrected chi connectivity index (χ1v) is 8.21. The van der Waals surface area contributed by atoms with E-state index in [1.54, 1.807) is 36.4 Å². The molecule has 0 bridgehead atoms. The summed E-state index contributed by atoms with van der Waals surface area (Å²) >= 11 is 0.685. The molecule has 7 heteroatoms. The lowest BCUT2D eigenvalue weighted by Crippen LogP contribution is -2.36. The van der Waals surface area contributed by atoms with E-state index >= 15 is 0 Å². The van der Waals surface area contributed by atoms with Crippen molar-refractivity contribution in [2.75, 3.05) is 11.9 Å². The molecule has 1 N–H and O–H groups in total. The Bertz CT molecular complexity index is 868. The van der Waals surface area contributed by atoms with E-state index in [9.17, 15) is 18.8 Å². The van der Waals surface area contributed by atoms with Crippen molar-refractivity contribution in [3.8, 4) is 0 Å². The molecule has 5 nitrogen and oxygen atoms in total. The van der Waals surface area contributed by atoms with Gasteiger partial charge >= 0.3 is 0 Å². The fourth-order valence-electron chi connectivity index (χ4n) is 2.24. The molecule has 0 radical (unpaired) electrons. The summed E-state index contributed by atoms with van der Waals surface area (Å²) in [5.41, 5.74) is 0.781. The van der Waals surface area contributed by atoms with Gasteiger partial charge in [-0.15, -0.1) is 0 Å². The van der Waals surface area contributed by atoms with Crippen LogP contribution in [0.25, 0.3) is 6.08 Å². The van der Waals surface area contributed by atoms with E-state index in [0.717, 1.165) is 4.90 Å². The van der Waals surface area contributed by atoms with E-state index in [2.05, 4.69) is 5.32 Å². The van der Waals surface area contributed by atoms with Crippen LogP contribution in [0, 0.1) is 5.82 Å². The Morgan fingerprint density at radius 1 is 1.08 bits per heavy atom. The lowest BCUT2D eigenvalue weighted by Gasteiger charge is -2.12. The topological polar surface area (TPSA) is 66.5 Å². The molecule has 3 amide bonds. The molecular weight excluding hydrogens is 343 g/mol. The number of carbonyl (C=O) groups excluding carboxylic acids is 3. The number of halogens is 1. The van der Waals surface area contributed by atoms with E-state index in [1.807, 2.05) is 0 Å². The largest absolute Gasteiger partial charge is 0.325 e. The number of nitrogens with one attached hydrogen (secondary N) is 1. The van der Waals surface area contributed by atoms with Gasteiger partial charge in [0.1, 0.15) is 12.4 Å². The van der Waals surface area contributed by atoms with Gasteiger partial charge in [0.05, 0.1) is 4.91 Å². The predicted octanol–water partition coefficient (Wildman–Crippen LogP) is 3.50. The van der Waals surface area contributed by atoms with Crippen LogP contribution in [-0.4, -0.2) is 28.5 Å². The molecule has 0 saturated carbocycles. The molecule has 1 aliphatic rings. The molecule has 1 aliphatic heterocycles. The quantitative estimate of drug-likeness (QED) is 0.852. The summed E-state index contributed by atoms with van der Waals surface area (Å²) in [5, 5.41) is 2.05. The van der Waals surface area contributed by atoms with Crippen molar-refractivity contribution in [1.29, 1.82) is 0 Å². The van der Waals surface area contributed by atoms with Crippen molar-refractivity contribution < 1.29 is 18.8 Å². The number of carbonyl (C=O) groups is 3. The minimum Gasteiger partial charge on any atom is -0.325 e. The third kappa shape index (κ3) is 3.95. The molecule has 0 unspecified atom stereocenters. The van der Waals surface area contributed by atoms with Crippen LogP contribution in [0.3, 0.4) is 0 Å². The van der Waals surface area contributed by atoms with Crippen molar-refractivity contribution in [2.45, 2.75) is 0 Å². The van der Waals surface area contributed by atoms with Crippen LogP contribution < -0.4 is 5.32 Å². The summed E-state index contributed by atoms with van der Waals surface area (Å²) in [6, 6.07) is 14.7. The lowest BCUT2D eigenvalue weighted by molar-refractivity contribution is -0.127. The van der Waals surface area contributed by atoms with Crippen molar-refractivity contribution >= 4 is 40.6 Å². The molecule has 0 aromatic heterocycles. The number of imide groups is 1. The van der Waals surface area contributed by atoms with Crippen LogP contribution in [0.5, 0.6) is 0 Å². The van der Waals surface area contributed by atoms with E-state index in [-0.39, 0.29) is 10.5 Å². The number of thioether (sulfide) groups is 1. The second-order valence-electron chi connectivity index (χ2n) is 5.20. The zero-order chi connectivity index (χ0) is 17.8. The van der Waals surface area contributed by atoms with Gasteiger partial charge in [-0.1, -0.05) is 36.4 Å². The normalized spacial score (nSPS) is 15.7. The molecule has 1 heterocycles. The maximum Gasteiger partial charge on any atom is 0.294 e. The smallest absolute Gasteiger partial charge is 0.294 e. The molecule has 126 valence electrons. The number of hydrogen-bond acceptors (Lipinski definition) is 4. The van der Waals surface area contributed by atoms with Crippen LogP contribution in [-0.2, 0) is 9.59 Å². The molecule has 0 aliphatic carbocycles. The van der Waals surface area contributed by atoms with Gasteiger partial charge in [0.15, 0.2) is 0 Å². The number of para-hydroxylation sites is 1. The molecule has 0 atom stereocenters. The van der Waals surface area contributed by atoms with Crippen LogP contribution in [0.4, 0.5) is 14.9 Å². The van der Waals surface area contributed by atoms with Gasteiger partial charge in [-0.2, -0.15) is 0 Å². The van der Waals surface area contributed by atoms with Crippen LogP contribution >= 0.6 is 11.8 Å². The maximum atomic E-state index is 13.7. The first-order valence-electron chi connectivity index (χ1n) is 7.39. The molecule has 0 spiro atoms. The number of benzene rings is 2. The highest BCUT2D eigenvalue weighted by Gasteiger charge is 2.36. The summed E-state index contributed by atoms with van der Waals surface area (Å²) in [6.45, 7) is -0.395. The fraction of sp³-hybridized carbons (Fsp3) is 0.0556. The Morgan fingerprint density at radius 3 is 2.48 bits per heavy atom. The molecule has 1 saturated heterocycles. The van der Waals surface area contributed by atoms with E-state index in [0.29, 0.717) is 17.4 Å². The van der Waals surface area contributed by atoms with Gasteiger partial charge in [-0.05, 0) is 36.0 Å². The SMILES string of the molecule is O=C(CN1C(=O)S/C(=C/c2ccccc2F)C1=O)Nc1ccccc1. The Hall–Kier alpha value is -2.93. The molecule has 3 rings (SSSR count). The zero-order valence-corrected chi connectivity index (χ0v) is 13.8. The summed E-state index contributed by atoms with van der Waals surface area (Å²) in [7, 11) is 0. The Labute approximate surface area is 147 Å². The number of nitrogens with zero attached hydrogens (tertiary/aromatic N) is 1. The van der Waals surface area contributed by atoms with Crippen molar-refractivity contribution in [2.24, 2.45) is 0 Å². The van der Waals surface area contributed by atoms with Gasteiger partial charge in [-0.25, -0.2) is 4.39 Å². The van der Waals surface area contributed by atoms with E-state index in [4.69, 9.17) is 0 Å². The fourth-order valence-corrected chi connectivity index (χ4v) is 3.06. The Balaban J connectivity index is 1.71. The monoisotopic (exact) mass is 356 g/mol. The second kappa shape index (κ2) is 7.31. The standard InChI is InChI=1S/C18H13FN2O3S/c19-14-9-5-4-6-12(14)10-15-17(23)21(18(24)25-15)11-16(22)20-13-7-2-1-3-8-13/h1-10H,11H2,(H,20,22)/b15-10+. The van der Waals surface area contributed by atoms with Gasteiger partial charge < -0.3 is 5.32 Å².